The second kappa shape index (κ2) is 4.01. The lowest BCUT2D eigenvalue weighted by Gasteiger charge is -2.09. The first kappa shape index (κ1) is 9.11. The highest BCUT2D eigenvalue weighted by Gasteiger charge is 2.18. The van der Waals surface area contributed by atoms with Gasteiger partial charge in [-0.2, -0.15) is 0 Å². The summed E-state index contributed by atoms with van der Waals surface area (Å²) in [7, 11) is -2.32. The third kappa shape index (κ3) is 8.11. The van der Waals surface area contributed by atoms with E-state index >= 15 is 0 Å². The zero-order valence-corrected chi connectivity index (χ0v) is 7.41. The predicted molar refractivity (Wildman–Crippen MR) is 39.9 cm³/mol. The molecule has 0 fully saturated rings. The van der Waals surface area contributed by atoms with E-state index in [0.717, 1.165) is 0 Å². The topological polar surface area (TPSA) is 9.23 Å². The Morgan fingerprint density at radius 2 is 2.00 bits per heavy atom. The van der Waals surface area contributed by atoms with E-state index in [1.54, 1.807) is 13.1 Å². The molecule has 0 radical (unpaired) electrons. The maximum atomic E-state index is 12.8. The van der Waals surface area contributed by atoms with Crippen LogP contribution in [0.1, 0.15) is 6.92 Å². The van der Waals surface area contributed by atoms with Gasteiger partial charge in [-0.05, 0) is 26.1 Å². The highest BCUT2D eigenvalue weighted by atomic mass is 28.4. The number of hydrogen-bond acceptors (Lipinski definition) is 1. The Kier molecular flexibility index (Phi) is 4.06. The molecule has 0 aromatic heterocycles. The van der Waals surface area contributed by atoms with Crippen molar-refractivity contribution in [2.45, 2.75) is 26.1 Å². The number of rotatable bonds is 4. The highest BCUT2D eigenvalue weighted by Crippen LogP contribution is 2.09. The van der Waals surface area contributed by atoms with Crippen LogP contribution in [0.5, 0.6) is 0 Å². The molecule has 0 bridgehead atoms. The molecule has 0 saturated heterocycles. The summed E-state index contributed by atoms with van der Waals surface area (Å²) >= 11 is 0. The van der Waals surface area contributed by atoms with Crippen LogP contribution in [0, 0.1) is 0 Å². The molecule has 0 aromatic carbocycles. The molecule has 0 rings (SSSR count). The summed E-state index contributed by atoms with van der Waals surface area (Å²) < 4.78 is 17.8. The van der Waals surface area contributed by atoms with Crippen molar-refractivity contribution < 1.29 is 8.84 Å². The quantitative estimate of drug-likeness (QED) is 0.339. The molecule has 0 atom stereocenters. The maximum absolute atomic E-state index is 12.8. The molecule has 0 aromatic rings. The van der Waals surface area contributed by atoms with Crippen molar-refractivity contribution in [2.75, 3.05) is 13.2 Å². The molecule has 0 unspecified atom stereocenters. The van der Waals surface area contributed by atoms with E-state index in [4.69, 9.17) is 4.74 Å². The van der Waals surface area contributed by atoms with Gasteiger partial charge in [-0.3, -0.25) is 0 Å². The lowest BCUT2D eigenvalue weighted by atomic mass is 10.8. The van der Waals surface area contributed by atoms with Crippen molar-refractivity contribution in [3.63, 3.8) is 0 Å². The Labute approximate surface area is 57.4 Å². The summed E-state index contributed by atoms with van der Waals surface area (Å²) in [5.41, 5.74) is 0. The van der Waals surface area contributed by atoms with E-state index in [-0.39, 0.29) is 0 Å². The third-order valence-corrected chi connectivity index (χ3v) is 2.44. The van der Waals surface area contributed by atoms with Crippen LogP contribution in [0.2, 0.25) is 19.1 Å². The summed E-state index contributed by atoms with van der Waals surface area (Å²) in [6, 6.07) is 0.626. The van der Waals surface area contributed by atoms with E-state index in [1.807, 2.05) is 6.92 Å². The number of ether oxygens (including phenoxy) is 1. The van der Waals surface area contributed by atoms with Gasteiger partial charge in [0.1, 0.15) is 0 Å². The summed E-state index contributed by atoms with van der Waals surface area (Å²) in [5.74, 6) is 0. The van der Waals surface area contributed by atoms with Crippen LogP contribution in [0.3, 0.4) is 0 Å². The van der Waals surface area contributed by atoms with Gasteiger partial charge < -0.3 is 8.84 Å². The Balaban J connectivity index is 3.07. The van der Waals surface area contributed by atoms with Crippen LogP contribution < -0.4 is 0 Å². The number of halogens is 1. The lowest BCUT2D eigenvalue weighted by Crippen LogP contribution is -2.20. The largest absolute Gasteiger partial charge is 0.382 e. The Bertz CT molecular complexity index is 69.9. The molecular formula is C6H15FOSi. The molecule has 0 aliphatic heterocycles. The van der Waals surface area contributed by atoms with Gasteiger partial charge in [-0.25, -0.2) is 0 Å². The molecule has 0 spiro atoms. The van der Waals surface area contributed by atoms with Gasteiger partial charge >= 0.3 is 0 Å². The van der Waals surface area contributed by atoms with E-state index in [9.17, 15) is 4.11 Å². The minimum absolute atomic E-state index is 0.590. The fourth-order valence-corrected chi connectivity index (χ4v) is 1.09. The monoisotopic (exact) mass is 150 g/mol. The van der Waals surface area contributed by atoms with Gasteiger partial charge in [-0.1, -0.05) is 0 Å². The average molecular weight is 150 g/mol. The first-order valence-corrected chi connectivity index (χ1v) is 6.41. The van der Waals surface area contributed by atoms with E-state index in [0.29, 0.717) is 19.3 Å². The molecule has 0 heterocycles. The number of hydrogen-bond donors (Lipinski definition) is 0. The average Bonchev–Trinajstić information content (AvgIpc) is 1.63. The van der Waals surface area contributed by atoms with Crippen molar-refractivity contribution >= 4 is 8.41 Å². The zero-order chi connectivity index (χ0) is 7.33. The zero-order valence-electron chi connectivity index (χ0n) is 6.41. The first-order valence-electron chi connectivity index (χ1n) is 3.33. The minimum Gasteiger partial charge on any atom is -0.382 e. The second-order valence-electron chi connectivity index (χ2n) is 2.67. The second-order valence-corrected chi connectivity index (χ2v) is 6.60. The highest BCUT2D eigenvalue weighted by molar-refractivity contribution is 6.70. The molecule has 56 valence electrons. The van der Waals surface area contributed by atoms with Crippen molar-refractivity contribution in [1.29, 1.82) is 0 Å². The van der Waals surface area contributed by atoms with Crippen LogP contribution in [0.25, 0.3) is 0 Å². The van der Waals surface area contributed by atoms with Crippen molar-refractivity contribution in [2.24, 2.45) is 0 Å². The molecule has 0 aliphatic rings. The van der Waals surface area contributed by atoms with Gasteiger partial charge in [-0.15, -0.1) is 0 Å². The van der Waals surface area contributed by atoms with Crippen LogP contribution >= 0.6 is 0 Å². The molecule has 0 N–H and O–H groups in total. The van der Waals surface area contributed by atoms with Crippen LogP contribution in [-0.4, -0.2) is 21.6 Å². The van der Waals surface area contributed by atoms with E-state index in [1.165, 1.54) is 0 Å². The van der Waals surface area contributed by atoms with Gasteiger partial charge in [0, 0.05) is 13.2 Å². The summed E-state index contributed by atoms with van der Waals surface area (Å²) in [6.07, 6.45) is 0. The van der Waals surface area contributed by atoms with Crippen LogP contribution in [0.15, 0.2) is 0 Å². The maximum Gasteiger partial charge on any atom is 0.243 e. The first-order chi connectivity index (χ1) is 4.06. The van der Waals surface area contributed by atoms with Crippen LogP contribution in [-0.2, 0) is 4.74 Å². The standard InChI is InChI=1S/C6H15FOSi/c1-4-8-5-6-9(2,3)7/h4-6H2,1-3H3. The Morgan fingerprint density at radius 3 is 2.33 bits per heavy atom. The molecule has 0 saturated carbocycles. The SMILES string of the molecule is CCOCC[Si](C)(C)F. The molecule has 3 heteroatoms. The van der Waals surface area contributed by atoms with Gasteiger partial charge in [0.05, 0.1) is 0 Å². The van der Waals surface area contributed by atoms with Gasteiger partial charge in [0.25, 0.3) is 0 Å². The summed E-state index contributed by atoms with van der Waals surface area (Å²) in [6.45, 7) is 6.61. The van der Waals surface area contributed by atoms with Gasteiger partial charge in [0.15, 0.2) is 0 Å². The molecule has 1 nitrogen and oxygen atoms in total. The van der Waals surface area contributed by atoms with Gasteiger partial charge in [0.2, 0.25) is 8.41 Å². The van der Waals surface area contributed by atoms with Crippen LogP contribution in [0.4, 0.5) is 4.11 Å². The van der Waals surface area contributed by atoms with E-state index < -0.39 is 8.41 Å². The third-order valence-electron chi connectivity index (χ3n) is 1.05. The molecule has 0 amide bonds. The normalized spacial score (nSPS) is 12.0. The Morgan fingerprint density at radius 1 is 1.44 bits per heavy atom. The van der Waals surface area contributed by atoms with Crippen molar-refractivity contribution in [3.8, 4) is 0 Å². The summed E-state index contributed by atoms with van der Waals surface area (Å²) in [5, 5.41) is 0. The Hall–Kier alpha value is 0.107. The van der Waals surface area contributed by atoms with Crippen molar-refractivity contribution in [1.82, 2.24) is 0 Å². The smallest absolute Gasteiger partial charge is 0.243 e. The fourth-order valence-electron chi connectivity index (χ4n) is 0.459. The minimum atomic E-state index is -2.32. The van der Waals surface area contributed by atoms with E-state index in [2.05, 4.69) is 0 Å². The molecule has 0 aliphatic carbocycles. The molecule has 9 heavy (non-hydrogen) atoms. The summed E-state index contributed by atoms with van der Waals surface area (Å²) in [4.78, 5) is 0. The fraction of sp³-hybridized carbons (Fsp3) is 1.00. The predicted octanol–water partition coefficient (Wildman–Crippen LogP) is 2.20. The lowest BCUT2D eigenvalue weighted by molar-refractivity contribution is 0.160. The molecular weight excluding hydrogens is 135 g/mol. The van der Waals surface area contributed by atoms with Crippen molar-refractivity contribution in [3.05, 3.63) is 0 Å².